The van der Waals surface area contributed by atoms with Crippen molar-refractivity contribution in [1.29, 1.82) is 0 Å². The average Bonchev–Trinajstić information content (AvgIpc) is 2.51. The Morgan fingerprint density at radius 1 is 1.13 bits per heavy atom. The molecule has 0 heterocycles. The van der Waals surface area contributed by atoms with Crippen LogP contribution in [0.15, 0.2) is 11.3 Å². The van der Waals surface area contributed by atoms with Gasteiger partial charge in [0.2, 0.25) is 5.91 Å². The maximum absolute atomic E-state index is 12.2. The SMILES string of the molecule is CCC/C(C(=O)OCC)=C(\CC(C)CC)NC(=O)CC(=O)OC. The molecule has 0 saturated heterocycles. The van der Waals surface area contributed by atoms with E-state index >= 15 is 0 Å². The fraction of sp³-hybridized carbons (Fsp3) is 0.706. The molecule has 0 spiro atoms. The van der Waals surface area contributed by atoms with Crippen molar-refractivity contribution in [3.8, 4) is 0 Å². The second-order valence-electron chi connectivity index (χ2n) is 5.45. The number of hydrogen-bond donors (Lipinski definition) is 1. The van der Waals surface area contributed by atoms with Gasteiger partial charge in [-0.15, -0.1) is 0 Å². The third-order valence-corrected chi connectivity index (χ3v) is 3.46. The molecule has 1 unspecified atom stereocenters. The first kappa shape index (κ1) is 21.1. The Kier molecular flexibility index (Phi) is 10.7. The fourth-order valence-corrected chi connectivity index (χ4v) is 2.00. The van der Waals surface area contributed by atoms with Crippen molar-refractivity contribution in [1.82, 2.24) is 5.32 Å². The summed E-state index contributed by atoms with van der Waals surface area (Å²) in [5.41, 5.74) is 1.03. The highest BCUT2D eigenvalue weighted by molar-refractivity contribution is 5.96. The van der Waals surface area contributed by atoms with E-state index in [9.17, 15) is 14.4 Å². The lowest BCUT2D eigenvalue weighted by Crippen LogP contribution is -2.29. The zero-order chi connectivity index (χ0) is 17.8. The highest BCUT2D eigenvalue weighted by Crippen LogP contribution is 2.20. The van der Waals surface area contributed by atoms with E-state index in [2.05, 4.69) is 10.1 Å². The van der Waals surface area contributed by atoms with Crippen LogP contribution in [0.3, 0.4) is 0 Å². The molecule has 0 aromatic heterocycles. The number of carbonyl (C=O) groups is 3. The first-order chi connectivity index (χ1) is 10.9. The minimum atomic E-state index is -0.612. The number of carbonyl (C=O) groups excluding carboxylic acids is 3. The molecule has 6 heteroatoms. The smallest absolute Gasteiger partial charge is 0.335 e. The lowest BCUT2D eigenvalue weighted by Gasteiger charge is -2.18. The molecule has 6 nitrogen and oxygen atoms in total. The number of methoxy groups -OCH3 is 1. The van der Waals surface area contributed by atoms with Crippen LogP contribution in [0, 0.1) is 5.92 Å². The summed E-state index contributed by atoms with van der Waals surface area (Å²) in [6.45, 7) is 8.06. The zero-order valence-corrected chi connectivity index (χ0v) is 14.9. The zero-order valence-electron chi connectivity index (χ0n) is 14.9. The molecule has 0 aliphatic heterocycles. The lowest BCUT2D eigenvalue weighted by atomic mass is 9.97. The van der Waals surface area contributed by atoms with E-state index in [4.69, 9.17) is 4.74 Å². The Balaban J connectivity index is 5.41. The third kappa shape index (κ3) is 8.38. The van der Waals surface area contributed by atoms with Crippen LogP contribution in [0.25, 0.3) is 0 Å². The summed E-state index contributed by atoms with van der Waals surface area (Å²) < 4.78 is 9.59. The summed E-state index contributed by atoms with van der Waals surface area (Å²) in [5.74, 6) is -1.21. The molecule has 0 aromatic carbocycles. The molecule has 0 saturated carbocycles. The van der Waals surface area contributed by atoms with Crippen molar-refractivity contribution >= 4 is 17.8 Å². The monoisotopic (exact) mass is 327 g/mol. The molecule has 1 amide bonds. The number of nitrogens with one attached hydrogen (secondary N) is 1. The standard InChI is InChI=1S/C17H29NO5/c1-6-9-13(17(21)23-8-3)14(10-12(4)7-2)18-15(19)11-16(20)22-5/h12H,6-11H2,1-5H3,(H,18,19)/b14-13-. The molecule has 23 heavy (non-hydrogen) atoms. The van der Waals surface area contributed by atoms with Gasteiger partial charge >= 0.3 is 11.9 Å². The number of amides is 1. The van der Waals surface area contributed by atoms with Gasteiger partial charge in [-0.1, -0.05) is 33.6 Å². The van der Waals surface area contributed by atoms with E-state index in [1.54, 1.807) is 6.92 Å². The van der Waals surface area contributed by atoms with Crippen LogP contribution in [-0.2, 0) is 23.9 Å². The van der Waals surface area contributed by atoms with Gasteiger partial charge in [0.05, 0.1) is 19.3 Å². The molecule has 0 aliphatic carbocycles. The van der Waals surface area contributed by atoms with Gasteiger partial charge in [0.15, 0.2) is 0 Å². The predicted molar refractivity (Wildman–Crippen MR) is 87.4 cm³/mol. The lowest BCUT2D eigenvalue weighted by molar-refractivity contribution is -0.143. The largest absolute Gasteiger partial charge is 0.469 e. The van der Waals surface area contributed by atoms with E-state index in [1.807, 2.05) is 20.8 Å². The minimum Gasteiger partial charge on any atom is -0.469 e. The van der Waals surface area contributed by atoms with Crippen LogP contribution < -0.4 is 5.32 Å². The molecular weight excluding hydrogens is 298 g/mol. The van der Waals surface area contributed by atoms with Crippen molar-refractivity contribution in [2.45, 2.75) is 59.8 Å². The summed E-state index contributed by atoms with van der Waals surface area (Å²) >= 11 is 0. The van der Waals surface area contributed by atoms with Gasteiger partial charge in [-0.25, -0.2) is 4.79 Å². The number of rotatable bonds is 10. The van der Waals surface area contributed by atoms with E-state index in [1.165, 1.54) is 7.11 Å². The van der Waals surface area contributed by atoms with Crippen LogP contribution in [-0.4, -0.2) is 31.6 Å². The van der Waals surface area contributed by atoms with E-state index in [0.29, 0.717) is 30.0 Å². The highest BCUT2D eigenvalue weighted by Gasteiger charge is 2.20. The molecule has 0 bridgehead atoms. The van der Waals surface area contributed by atoms with Crippen molar-refractivity contribution in [2.24, 2.45) is 5.92 Å². The summed E-state index contributed by atoms with van der Waals surface area (Å²) in [7, 11) is 1.23. The molecule has 0 aliphatic rings. The normalized spacial score (nSPS) is 12.9. The van der Waals surface area contributed by atoms with Crippen LogP contribution in [0.5, 0.6) is 0 Å². The molecule has 0 rings (SSSR count). The van der Waals surface area contributed by atoms with Gasteiger partial charge < -0.3 is 14.8 Å². The Labute approximate surface area is 138 Å². The van der Waals surface area contributed by atoms with Crippen LogP contribution in [0.2, 0.25) is 0 Å². The highest BCUT2D eigenvalue weighted by atomic mass is 16.5. The topological polar surface area (TPSA) is 81.7 Å². The van der Waals surface area contributed by atoms with Crippen LogP contribution in [0.1, 0.15) is 59.8 Å². The molecule has 0 aromatic rings. The average molecular weight is 327 g/mol. The minimum absolute atomic E-state index is 0.277. The molecular formula is C17H29NO5. The molecule has 132 valence electrons. The molecule has 0 radical (unpaired) electrons. The quantitative estimate of drug-likeness (QED) is 0.379. The van der Waals surface area contributed by atoms with E-state index < -0.39 is 17.8 Å². The van der Waals surface area contributed by atoms with Crippen molar-refractivity contribution in [2.75, 3.05) is 13.7 Å². The second kappa shape index (κ2) is 11.7. The number of allylic oxidation sites excluding steroid dienone is 1. The maximum atomic E-state index is 12.2. The summed E-state index contributed by atoms with van der Waals surface area (Å²) in [6, 6.07) is 0. The summed E-state index contributed by atoms with van der Waals surface area (Å²) in [5, 5.41) is 2.71. The van der Waals surface area contributed by atoms with Crippen molar-refractivity contribution in [3.05, 3.63) is 11.3 Å². The first-order valence-electron chi connectivity index (χ1n) is 8.15. The van der Waals surface area contributed by atoms with Gasteiger partial charge in [0.25, 0.3) is 0 Å². The van der Waals surface area contributed by atoms with Gasteiger partial charge in [0, 0.05) is 5.70 Å². The van der Waals surface area contributed by atoms with Crippen LogP contribution >= 0.6 is 0 Å². The first-order valence-corrected chi connectivity index (χ1v) is 8.15. The molecule has 1 atom stereocenters. The maximum Gasteiger partial charge on any atom is 0.335 e. The Morgan fingerprint density at radius 2 is 1.78 bits per heavy atom. The van der Waals surface area contributed by atoms with Gasteiger partial charge in [-0.3, -0.25) is 9.59 Å². The third-order valence-electron chi connectivity index (χ3n) is 3.46. The summed E-state index contributed by atoms with van der Waals surface area (Å²) in [6.07, 6.45) is 2.37. The van der Waals surface area contributed by atoms with Gasteiger partial charge in [-0.2, -0.15) is 0 Å². The fourth-order valence-electron chi connectivity index (χ4n) is 2.00. The Morgan fingerprint density at radius 3 is 2.26 bits per heavy atom. The number of esters is 2. The van der Waals surface area contributed by atoms with E-state index in [0.717, 1.165) is 12.8 Å². The Bertz CT molecular complexity index is 442. The van der Waals surface area contributed by atoms with E-state index in [-0.39, 0.29) is 13.0 Å². The summed E-state index contributed by atoms with van der Waals surface area (Å²) in [4.78, 5) is 35.4. The number of hydrogen-bond acceptors (Lipinski definition) is 5. The second-order valence-corrected chi connectivity index (χ2v) is 5.45. The van der Waals surface area contributed by atoms with Crippen LogP contribution in [0.4, 0.5) is 0 Å². The van der Waals surface area contributed by atoms with Crippen molar-refractivity contribution < 1.29 is 23.9 Å². The predicted octanol–water partition coefficient (Wildman–Crippen LogP) is 2.72. The van der Waals surface area contributed by atoms with Gasteiger partial charge in [0.1, 0.15) is 6.42 Å². The molecule has 1 N–H and O–H groups in total. The Hall–Kier alpha value is -1.85. The molecule has 0 fully saturated rings. The number of ether oxygens (including phenoxy) is 2. The van der Waals surface area contributed by atoms with Crippen molar-refractivity contribution in [3.63, 3.8) is 0 Å². The van der Waals surface area contributed by atoms with Gasteiger partial charge in [-0.05, 0) is 25.7 Å².